The van der Waals surface area contributed by atoms with Crippen molar-refractivity contribution >= 4 is 5.69 Å². The molecule has 0 unspecified atom stereocenters. The number of benzene rings is 2. The van der Waals surface area contributed by atoms with Gasteiger partial charge in [-0.3, -0.25) is 0 Å². The molecule has 0 spiro atoms. The molecule has 1 N–H and O–H groups in total. The number of hydrogen-bond donors (Lipinski definition) is 1. The van der Waals surface area contributed by atoms with Crippen molar-refractivity contribution in [3.8, 4) is 0 Å². The molecule has 0 saturated heterocycles. The zero-order valence-electron chi connectivity index (χ0n) is 12.6. The molecule has 0 fully saturated rings. The number of rotatable bonds is 1. The summed E-state index contributed by atoms with van der Waals surface area (Å²) in [5.41, 5.74) is 7.00. The first-order valence-electron chi connectivity index (χ1n) is 7.84. The van der Waals surface area contributed by atoms with Crippen LogP contribution in [0.25, 0.3) is 0 Å². The summed E-state index contributed by atoms with van der Waals surface area (Å²) in [5.74, 6) is 1.20. The van der Waals surface area contributed by atoms with E-state index in [0.29, 0.717) is 17.9 Å². The lowest BCUT2D eigenvalue weighted by molar-refractivity contribution is 0.425. The highest BCUT2D eigenvalue weighted by Gasteiger charge is 2.38. The van der Waals surface area contributed by atoms with Gasteiger partial charge in [-0.25, -0.2) is 0 Å². The van der Waals surface area contributed by atoms with Crippen LogP contribution in [0.4, 0.5) is 5.69 Å². The summed E-state index contributed by atoms with van der Waals surface area (Å²) in [6, 6.07) is 15.9. The molecule has 0 amide bonds. The number of hydrogen-bond acceptors (Lipinski definition) is 1. The van der Waals surface area contributed by atoms with Gasteiger partial charge in [-0.1, -0.05) is 54.6 Å². The first-order valence-corrected chi connectivity index (χ1v) is 7.84. The fourth-order valence-corrected chi connectivity index (χ4v) is 3.91. The van der Waals surface area contributed by atoms with E-state index >= 15 is 0 Å². The van der Waals surface area contributed by atoms with Crippen molar-refractivity contribution in [2.45, 2.75) is 32.2 Å². The van der Waals surface area contributed by atoms with E-state index in [1.165, 1.54) is 34.4 Å². The van der Waals surface area contributed by atoms with Crippen molar-refractivity contribution in [3.63, 3.8) is 0 Å². The largest absolute Gasteiger partial charge is 0.377 e. The number of anilines is 1. The quantitative estimate of drug-likeness (QED) is 0.711. The normalized spacial score (nSPS) is 26.1. The maximum absolute atomic E-state index is 3.85. The smallest absolute Gasteiger partial charge is 0.0554 e. The van der Waals surface area contributed by atoms with Crippen LogP contribution in [0, 0.1) is 19.8 Å². The van der Waals surface area contributed by atoms with Crippen molar-refractivity contribution in [2.24, 2.45) is 5.92 Å². The van der Waals surface area contributed by atoms with Crippen molar-refractivity contribution in [1.82, 2.24) is 0 Å². The minimum Gasteiger partial charge on any atom is -0.377 e. The third-order valence-electron chi connectivity index (χ3n) is 5.23. The highest BCUT2D eigenvalue weighted by Crippen LogP contribution is 2.50. The van der Waals surface area contributed by atoms with E-state index in [-0.39, 0.29) is 0 Å². The van der Waals surface area contributed by atoms with Crippen LogP contribution >= 0.6 is 0 Å². The highest BCUT2D eigenvalue weighted by molar-refractivity contribution is 5.65. The van der Waals surface area contributed by atoms with Crippen LogP contribution in [0.5, 0.6) is 0 Å². The summed E-state index contributed by atoms with van der Waals surface area (Å²) in [6.45, 7) is 4.44. The maximum Gasteiger partial charge on any atom is 0.0554 e. The van der Waals surface area contributed by atoms with Gasteiger partial charge in [0.1, 0.15) is 0 Å². The van der Waals surface area contributed by atoms with E-state index in [2.05, 4.69) is 73.8 Å². The zero-order chi connectivity index (χ0) is 14.4. The molecule has 0 saturated carbocycles. The van der Waals surface area contributed by atoms with E-state index in [1.807, 2.05) is 0 Å². The Bertz CT molecular complexity index is 699. The molecule has 0 aromatic heterocycles. The van der Waals surface area contributed by atoms with Gasteiger partial charge >= 0.3 is 0 Å². The molecule has 4 rings (SSSR count). The van der Waals surface area contributed by atoms with Crippen LogP contribution in [0.3, 0.4) is 0 Å². The van der Waals surface area contributed by atoms with Crippen LogP contribution in [0.2, 0.25) is 0 Å². The second kappa shape index (κ2) is 4.77. The van der Waals surface area contributed by atoms with Gasteiger partial charge in [-0.05, 0) is 48.4 Å². The van der Waals surface area contributed by atoms with Crippen LogP contribution in [0.15, 0.2) is 54.6 Å². The third-order valence-corrected chi connectivity index (χ3v) is 5.23. The lowest BCUT2D eigenvalue weighted by Crippen LogP contribution is -2.29. The summed E-state index contributed by atoms with van der Waals surface area (Å²) in [4.78, 5) is 0. The van der Waals surface area contributed by atoms with Crippen LogP contribution in [-0.2, 0) is 0 Å². The van der Waals surface area contributed by atoms with Gasteiger partial charge in [0.05, 0.1) is 6.04 Å². The minimum atomic E-state index is 0.416. The Hall–Kier alpha value is -2.02. The van der Waals surface area contributed by atoms with Gasteiger partial charge in [0.2, 0.25) is 0 Å². The molecule has 106 valence electrons. The van der Waals surface area contributed by atoms with Crippen LogP contribution in [-0.4, -0.2) is 0 Å². The van der Waals surface area contributed by atoms with E-state index in [4.69, 9.17) is 0 Å². The Morgan fingerprint density at radius 1 is 1.00 bits per heavy atom. The summed E-state index contributed by atoms with van der Waals surface area (Å²) < 4.78 is 0. The molecule has 1 aliphatic heterocycles. The zero-order valence-corrected chi connectivity index (χ0v) is 12.6. The van der Waals surface area contributed by atoms with E-state index in [1.54, 1.807) is 0 Å². The standard InChI is InChI=1S/C20H21N/c1-13-11-12-18-16-9-6-10-17(16)20(21-19(18)14(13)2)15-7-4-3-5-8-15/h3-9,11-12,16-17,20-21H,10H2,1-2H3/t16-,17+,20-/m1/s1. The summed E-state index contributed by atoms with van der Waals surface area (Å²) in [5, 5.41) is 3.85. The molecule has 21 heavy (non-hydrogen) atoms. The molecule has 1 heteroatoms. The number of aryl methyl sites for hydroxylation is 1. The fourth-order valence-electron chi connectivity index (χ4n) is 3.91. The van der Waals surface area contributed by atoms with Crippen molar-refractivity contribution < 1.29 is 0 Å². The molecule has 0 bridgehead atoms. The van der Waals surface area contributed by atoms with Gasteiger partial charge < -0.3 is 5.32 Å². The predicted octanol–water partition coefficient (Wildman–Crippen LogP) is 5.13. The molecular weight excluding hydrogens is 254 g/mol. The van der Waals surface area contributed by atoms with Crippen LogP contribution < -0.4 is 5.32 Å². The highest BCUT2D eigenvalue weighted by atomic mass is 15.0. The Balaban J connectivity index is 1.85. The maximum atomic E-state index is 3.85. The van der Waals surface area contributed by atoms with Gasteiger partial charge in [0.25, 0.3) is 0 Å². The number of fused-ring (bicyclic) bond motifs is 3. The second-order valence-electron chi connectivity index (χ2n) is 6.36. The summed E-state index contributed by atoms with van der Waals surface area (Å²) in [6.07, 6.45) is 5.94. The van der Waals surface area contributed by atoms with E-state index in [0.717, 1.165) is 0 Å². The predicted molar refractivity (Wildman–Crippen MR) is 88.7 cm³/mol. The SMILES string of the molecule is Cc1ccc2c(c1C)N[C@H](c1ccccc1)[C@H]1CC=C[C@@H]21. The van der Waals surface area contributed by atoms with Gasteiger partial charge in [-0.2, -0.15) is 0 Å². The fraction of sp³-hybridized carbons (Fsp3) is 0.300. The Labute approximate surface area is 126 Å². The Morgan fingerprint density at radius 2 is 1.81 bits per heavy atom. The lowest BCUT2D eigenvalue weighted by atomic mass is 9.76. The summed E-state index contributed by atoms with van der Waals surface area (Å²) >= 11 is 0. The number of allylic oxidation sites excluding steroid dienone is 2. The second-order valence-corrected chi connectivity index (χ2v) is 6.36. The van der Waals surface area contributed by atoms with E-state index < -0.39 is 0 Å². The van der Waals surface area contributed by atoms with Crippen molar-refractivity contribution in [1.29, 1.82) is 0 Å². The number of nitrogens with one attached hydrogen (secondary N) is 1. The van der Waals surface area contributed by atoms with E-state index in [9.17, 15) is 0 Å². The molecule has 0 radical (unpaired) electrons. The van der Waals surface area contributed by atoms with Crippen LogP contribution in [0.1, 0.15) is 40.6 Å². The van der Waals surface area contributed by atoms with Crippen molar-refractivity contribution in [2.75, 3.05) is 5.32 Å². The summed E-state index contributed by atoms with van der Waals surface area (Å²) in [7, 11) is 0. The average molecular weight is 275 g/mol. The molecular formula is C20H21N. The first kappa shape index (κ1) is 12.7. The topological polar surface area (TPSA) is 12.0 Å². The average Bonchev–Trinajstić information content (AvgIpc) is 3.00. The van der Waals surface area contributed by atoms with Gasteiger partial charge in [-0.15, -0.1) is 0 Å². The molecule has 2 aliphatic rings. The van der Waals surface area contributed by atoms with Gasteiger partial charge in [0.15, 0.2) is 0 Å². The molecule has 2 aromatic carbocycles. The third kappa shape index (κ3) is 1.91. The lowest BCUT2D eigenvalue weighted by Gasteiger charge is -2.38. The minimum absolute atomic E-state index is 0.416. The first-order chi connectivity index (χ1) is 10.3. The van der Waals surface area contributed by atoms with Gasteiger partial charge in [0, 0.05) is 11.6 Å². The monoisotopic (exact) mass is 275 g/mol. The van der Waals surface area contributed by atoms with Crippen molar-refractivity contribution in [3.05, 3.63) is 76.9 Å². The molecule has 2 aromatic rings. The Kier molecular flexibility index (Phi) is 2.88. The molecule has 1 aliphatic carbocycles. The molecule has 1 heterocycles. The molecule has 3 atom stereocenters. The molecule has 1 nitrogen and oxygen atoms in total. The Morgan fingerprint density at radius 3 is 2.62 bits per heavy atom.